The van der Waals surface area contributed by atoms with Crippen LogP contribution in [-0.2, 0) is 0 Å². The first kappa shape index (κ1) is 25.7. The van der Waals surface area contributed by atoms with E-state index in [1.54, 1.807) is 0 Å². The van der Waals surface area contributed by atoms with Crippen molar-refractivity contribution in [3.8, 4) is 0 Å². The van der Waals surface area contributed by atoms with Crippen LogP contribution in [0.25, 0.3) is 0 Å². The molecule has 0 heteroatoms. The SMILES string of the molecule is CCCCCC/C=C/CCCCCCCCCCCCCCCCCC. The molecular formula is C26H52. The summed E-state index contributed by atoms with van der Waals surface area (Å²) in [5, 5.41) is 0. The number of rotatable bonds is 22. The lowest BCUT2D eigenvalue weighted by molar-refractivity contribution is 0.530. The maximum absolute atomic E-state index is 2.43. The third-order valence-electron chi connectivity index (χ3n) is 5.62. The molecule has 0 amide bonds. The standard InChI is InChI=1S/C26H52/c1-3-5-7-9-11-13-15-17-19-21-23-25-26-24-22-20-18-16-14-12-10-8-6-4-2/h13,15H,3-12,14,16-26H2,1-2H3/b15-13+. The second-order valence-electron chi connectivity index (χ2n) is 8.41. The molecule has 0 aliphatic carbocycles. The molecule has 0 aromatic heterocycles. The number of allylic oxidation sites excluding steroid dienone is 2. The van der Waals surface area contributed by atoms with Gasteiger partial charge >= 0.3 is 0 Å². The molecule has 156 valence electrons. The van der Waals surface area contributed by atoms with Crippen LogP contribution in [0, 0.1) is 0 Å². The monoisotopic (exact) mass is 364 g/mol. The Morgan fingerprint density at radius 1 is 0.308 bits per heavy atom. The minimum atomic E-state index is 1.30. The van der Waals surface area contributed by atoms with Gasteiger partial charge in [-0.05, 0) is 25.7 Å². The molecule has 0 heterocycles. The molecule has 0 radical (unpaired) electrons. The largest absolute Gasteiger partial charge is 0.0885 e. The predicted molar refractivity (Wildman–Crippen MR) is 122 cm³/mol. The lowest BCUT2D eigenvalue weighted by Crippen LogP contribution is -1.83. The van der Waals surface area contributed by atoms with Gasteiger partial charge in [0.15, 0.2) is 0 Å². The minimum absolute atomic E-state index is 1.30. The van der Waals surface area contributed by atoms with E-state index in [1.165, 1.54) is 141 Å². The van der Waals surface area contributed by atoms with Crippen molar-refractivity contribution < 1.29 is 0 Å². The Balaban J connectivity index is 3.01. The Morgan fingerprint density at radius 3 is 0.846 bits per heavy atom. The molecule has 0 spiro atoms. The fraction of sp³-hybridized carbons (Fsp3) is 0.923. The molecular weight excluding hydrogens is 312 g/mol. The summed E-state index contributed by atoms with van der Waals surface area (Å²) < 4.78 is 0. The summed E-state index contributed by atoms with van der Waals surface area (Å²) in [6.45, 7) is 4.59. The van der Waals surface area contributed by atoms with Crippen LogP contribution in [0.15, 0.2) is 12.2 Å². The first-order chi connectivity index (χ1) is 12.9. The fourth-order valence-corrected chi connectivity index (χ4v) is 3.73. The van der Waals surface area contributed by atoms with Gasteiger partial charge in [0.25, 0.3) is 0 Å². The molecule has 0 aromatic rings. The smallest absolute Gasteiger partial charge is 0.0351 e. The van der Waals surface area contributed by atoms with Gasteiger partial charge in [-0.3, -0.25) is 0 Å². The zero-order valence-corrected chi connectivity index (χ0v) is 18.7. The molecule has 0 unspecified atom stereocenters. The summed E-state index contributed by atoms with van der Waals surface area (Å²) in [4.78, 5) is 0. The summed E-state index contributed by atoms with van der Waals surface area (Å²) in [6.07, 6.45) is 36.4. The highest BCUT2D eigenvalue weighted by Gasteiger charge is 1.94. The van der Waals surface area contributed by atoms with Gasteiger partial charge in [-0.25, -0.2) is 0 Å². The first-order valence-electron chi connectivity index (χ1n) is 12.6. The van der Waals surface area contributed by atoms with Crippen molar-refractivity contribution in [1.82, 2.24) is 0 Å². The number of unbranched alkanes of at least 4 members (excludes halogenated alkanes) is 20. The Labute approximate surface area is 167 Å². The molecule has 0 nitrogen and oxygen atoms in total. The molecule has 0 rings (SSSR count). The zero-order valence-electron chi connectivity index (χ0n) is 18.7. The number of hydrogen-bond acceptors (Lipinski definition) is 0. The van der Waals surface area contributed by atoms with Crippen LogP contribution < -0.4 is 0 Å². The molecule has 0 saturated heterocycles. The summed E-state index contributed by atoms with van der Waals surface area (Å²) >= 11 is 0. The summed E-state index contributed by atoms with van der Waals surface area (Å²) in [5.41, 5.74) is 0. The van der Waals surface area contributed by atoms with Gasteiger partial charge in [0.05, 0.1) is 0 Å². The molecule has 0 aliphatic rings. The van der Waals surface area contributed by atoms with Gasteiger partial charge < -0.3 is 0 Å². The molecule has 0 N–H and O–H groups in total. The lowest BCUT2D eigenvalue weighted by Gasteiger charge is -2.03. The van der Waals surface area contributed by atoms with Gasteiger partial charge in [-0.2, -0.15) is 0 Å². The summed E-state index contributed by atoms with van der Waals surface area (Å²) in [6, 6.07) is 0. The zero-order chi connectivity index (χ0) is 19.0. The molecule has 0 aromatic carbocycles. The van der Waals surface area contributed by atoms with Gasteiger partial charge in [-0.1, -0.05) is 142 Å². The van der Waals surface area contributed by atoms with Crippen LogP contribution >= 0.6 is 0 Å². The molecule has 0 fully saturated rings. The Bertz CT molecular complexity index is 253. The van der Waals surface area contributed by atoms with E-state index >= 15 is 0 Å². The highest BCUT2D eigenvalue weighted by Crippen LogP contribution is 2.14. The second kappa shape index (κ2) is 24.7. The number of hydrogen-bond donors (Lipinski definition) is 0. The van der Waals surface area contributed by atoms with Gasteiger partial charge in [0, 0.05) is 0 Å². The van der Waals surface area contributed by atoms with Crippen molar-refractivity contribution in [3.63, 3.8) is 0 Å². The second-order valence-corrected chi connectivity index (χ2v) is 8.41. The van der Waals surface area contributed by atoms with E-state index in [0.717, 1.165) is 0 Å². The van der Waals surface area contributed by atoms with Crippen molar-refractivity contribution in [2.75, 3.05) is 0 Å². The minimum Gasteiger partial charge on any atom is -0.0885 e. The van der Waals surface area contributed by atoms with Crippen LogP contribution in [0.5, 0.6) is 0 Å². The average molecular weight is 365 g/mol. The summed E-state index contributed by atoms with van der Waals surface area (Å²) in [5.74, 6) is 0. The van der Waals surface area contributed by atoms with Crippen molar-refractivity contribution in [1.29, 1.82) is 0 Å². The van der Waals surface area contributed by atoms with Gasteiger partial charge in [0.1, 0.15) is 0 Å². The highest BCUT2D eigenvalue weighted by molar-refractivity contribution is 4.81. The van der Waals surface area contributed by atoms with Gasteiger partial charge in [-0.15, -0.1) is 0 Å². The quantitative estimate of drug-likeness (QED) is 0.132. The third kappa shape index (κ3) is 23.7. The highest BCUT2D eigenvalue weighted by atomic mass is 14.0. The van der Waals surface area contributed by atoms with Crippen LogP contribution in [0.4, 0.5) is 0 Å². The summed E-state index contributed by atoms with van der Waals surface area (Å²) in [7, 11) is 0. The molecule has 0 saturated carbocycles. The maximum Gasteiger partial charge on any atom is -0.0351 e. The first-order valence-corrected chi connectivity index (χ1v) is 12.6. The van der Waals surface area contributed by atoms with Crippen LogP contribution in [-0.4, -0.2) is 0 Å². The van der Waals surface area contributed by atoms with Crippen LogP contribution in [0.3, 0.4) is 0 Å². The lowest BCUT2D eigenvalue weighted by atomic mass is 10.0. The van der Waals surface area contributed by atoms with Crippen molar-refractivity contribution in [2.24, 2.45) is 0 Å². The Kier molecular flexibility index (Phi) is 24.5. The Hall–Kier alpha value is -0.260. The van der Waals surface area contributed by atoms with E-state index in [-0.39, 0.29) is 0 Å². The fourth-order valence-electron chi connectivity index (χ4n) is 3.73. The third-order valence-corrected chi connectivity index (χ3v) is 5.62. The molecule has 0 atom stereocenters. The van der Waals surface area contributed by atoms with E-state index in [0.29, 0.717) is 0 Å². The maximum atomic E-state index is 2.43. The van der Waals surface area contributed by atoms with Crippen molar-refractivity contribution in [3.05, 3.63) is 12.2 Å². The predicted octanol–water partition coefficient (Wildman–Crippen LogP) is 10.2. The van der Waals surface area contributed by atoms with E-state index in [9.17, 15) is 0 Å². The van der Waals surface area contributed by atoms with E-state index in [4.69, 9.17) is 0 Å². The van der Waals surface area contributed by atoms with Crippen LogP contribution in [0.2, 0.25) is 0 Å². The van der Waals surface area contributed by atoms with Gasteiger partial charge in [0.2, 0.25) is 0 Å². The van der Waals surface area contributed by atoms with E-state index in [2.05, 4.69) is 26.0 Å². The molecule has 0 bridgehead atoms. The molecule has 0 aliphatic heterocycles. The Morgan fingerprint density at radius 2 is 0.538 bits per heavy atom. The molecule has 26 heavy (non-hydrogen) atoms. The van der Waals surface area contributed by atoms with Crippen molar-refractivity contribution in [2.45, 2.75) is 155 Å². The van der Waals surface area contributed by atoms with Crippen molar-refractivity contribution >= 4 is 0 Å². The van der Waals surface area contributed by atoms with E-state index < -0.39 is 0 Å². The van der Waals surface area contributed by atoms with E-state index in [1.807, 2.05) is 0 Å². The van der Waals surface area contributed by atoms with Crippen LogP contribution in [0.1, 0.15) is 155 Å². The average Bonchev–Trinajstić information content (AvgIpc) is 2.66. The topological polar surface area (TPSA) is 0 Å². The normalized spacial score (nSPS) is 11.6.